The summed E-state index contributed by atoms with van der Waals surface area (Å²) in [4.78, 5) is 2.76. The van der Waals surface area contributed by atoms with Crippen LogP contribution in [0, 0.1) is 0 Å². The zero-order chi connectivity index (χ0) is 9.10. The maximum Gasteiger partial charge on any atom is 0.00993 e. The summed E-state index contributed by atoms with van der Waals surface area (Å²) in [5.41, 5.74) is 5.56. The van der Waals surface area contributed by atoms with Gasteiger partial charge in [0.15, 0.2) is 0 Å². The molecule has 1 saturated carbocycles. The van der Waals surface area contributed by atoms with Gasteiger partial charge in [0.05, 0.1) is 0 Å². The number of hydrogen-bond acceptors (Lipinski definition) is 2. The average Bonchev–Trinajstić information content (AvgIpc) is 2.98. The van der Waals surface area contributed by atoms with Crippen LogP contribution in [0.3, 0.4) is 0 Å². The number of nitrogens with zero attached hydrogens (tertiary/aromatic N) is 1. The molecule has 2 aliphatic rings. The third-order valence-corrected chi connectivity index (χ3v) is 3.43. The highest BCUT2D eigenvalue weighted by atomic mass is 15.2. The highest BCUT2D eigenvalue weighted by Gasteiger charge is 2.34. The zero-order valence-electron chi connectivity index (χ0n) is 8.54. The predicted molar refractivity (Wildman–Crippen MR) is 55.7 cm³/mol. The van der Waals surface area contributed by atoms with Crippen molar-refractivity contribution in [3.63, 3.8) is 0 Å². The van der Waals surface area contributed by atoms with Gasteiger partial charge in [-0.3, -0.25) is 4.90 Å². The second-order valence-corrected chi connectivity index (χ2v) is 4.55. The first-order valence-corrected chi connectivity index (χ1v) is 5.87. The van der Waals surface area contributed by atoms with Gasteiger partial charge in [0.1, 0.15) is 0 Å². The fraction of sp³-hybridized carbons (Fsp3) is 1.00. The van der Waals surface area contributed by atoms with Gasteiger partial charge < -0.3 is 5.73 Å². The monoisotopic (exact) mass is 182 g/mol. The maximum absolute atomic E-state index is 5.56. The minimum absolute atomic E-state index is 0.870. The summed E-state index contributed by atoms with van der Waals surface area (Å²) in [6.07, 6.45) is 9.77. The van der Waals surface area contributed by atoms with Crippen molar-refractivity contribution in [1.82, 2.24) is 4.90 Å². The van der Waals surface area contributed by atoms with Crippen LogP contribution in [0.25, 0.3) is 0 Å². The van der Waals surface area contributed by atoms with Crippen LogP contribution in [0.15, 0.2) is 0 Å². The molecule has 1 heterocycles. The Balaban J connectivity index is 1.81. The van der Waals surface area contributed by atoms with Crippen molar-refractivity contribution in [2.24, 2.45) is 5.73 Å². The van der Waals surface area contributed by atoms with E-state index in [4.69, 9.17) is 5.73 Å². The second-order valence-electron chi connectivity index (χ2n) is 4.55. The molecule has 0 aromatic heterocycles. The minimum atomic E-state index is 0.870. The Morgan fingerprint density at radius 3 is 2.69 bits per heavy atom. The van der Waals surface area contributed by atoms with Crippen molar-refractivity contribution in [3.8, 4) is 0 Å². The first kappa shape index (κ1) is 9.47. The van der Waals surface area contributed by atoms with Gasteiger partial charge in [-0.05, 0) is 51.6 Å². The molecule has 0 bridgehead atoms. The molecule has 1 aliphatic carbocycles. The summed E-state index contributed by atoms with van der Waals surface area (Å²) >= 11 is 0. The lowest BCUT2D eigenvalue weighted by Crippen LogP contribution is -2.41. The largest absolute Gasteiger partial charge is 0.330 e. The van der Waals surface area contributed by atoms with Crippen LogP contribution in [0.4, 0.5) is 0 Å². The van der Waals surface area contributed by atoms with Gasteiger partial charge in [-0.2, -0.15) is 0 Å². The van der Waals surface area contributed by atoms with E-state index < -0.39 is 0 Å². The van der Waals surface area contributed by atoms with E-state index in [0.717, 1.165) is 18.6 Å². The van der Waals surface area contributed by atoms with Crippen molar-refractivity contribution in [2.45, 2.75) is 57.0 Å². The normalized spacial score (nSPS) is 30.7. The van der Waals surface area contributed by atoms with Crippen molar-refractivity contribution in [2.75, 3.05) is 13.1 Å². The molecule has 2 N–H and O–H groups in total. The van der Waals surface area contributed by atoms with Gasteiger partial charge in [0.2, 0.25) is 0 Å². The van der Waals surface area contributed by atoms with Gasteiger partial charge in [0, 0.05) is 12.1 Å². The Hall–Kier alpha value is -0.0800. The molecule has 1 aliphatic heterocycles. The van der Waals surface area contributed by atoms with Crippen LogP contribution >= 0.6 is 0 Å². The van der Waals surface area contributed by atoms with Crippen LogP contribution in [-0.4, -0.2) is 30.1 Å². The molecule has 13 heavy (non-hydrogen) atoms. The molecule has 1 atom stereocenters. The molecule has 2 rings (SSSR count). The van der Waals surface area contributed by atoms with Crippen LogP contribution in [-0.2, 0) is 0 Å². The van der Waals surface area contributed by atoms with Gasteiger partial charge in [0.25, 0.3) is 0 Å². The van der Waals surface area contributed by atoms with E-state index in [1.54, 1.807) is 0 Å². The summed E-state index contributed by atoms with van der Waals surface area (Å²) in [6, 6.07) is 1.84. The first-order valence-electron chi connectivity index (χ1n) is 5.87. The Morgan fingerprint density at radius 1 is 1.15 bits per heavy atom. The minimum Gasteiger partial charge on any atom is -0.330 e. The third kappa shape index (κ3) is 2.44. The van der Waals surface area contributed by atoms with E-state index in [2.05, 4.69) is 4.90 Å². The van der Waals surface area contributed by atoms with Gasteiger partial charge >= 0.3 is 0 Å². The predicted octanol–water partition coefficient (Wildman–Crippen LogP) is 1.74. The summed E-state index contributed by atoms with van der Waals surface area (Å²) in [6.45, 7) is 2.23. The van der Waals surface area contributed by atoms with E-state index in [0.29, 0.717) is 0 Å². The van der Waals surface area contributed by atoms with E-state index in [9.17, 15) is 0 Å². The Kier molecular flexibility index (Phi) is 3.23. The van der Waals surface area contributed by atoms with Crippen molar-refractivity contribution in [3.05, 3.63) is 0 Å². The lowest BCUT2D eigenvalue weighted by atomic mass is 9.98. The fourth-order valence-corrected chi connectivity index (χ4v) is 2.57. The Morgan fingerprint density at radius 2 is 2.00 bits per heavy atom. The molecule has 1 unspecified atom stereocenters. The highest BCUT2D eigenvalue weighted by Crippen LogP contribution is 2.33. The molecule has 1 saturated heterocycles. The van der Waals surface area contributed by atoms with E-state index in [1.807, 2.05) is 0 Å². The Labute approximate surface area is 81.5 Å². The number of nitrogens with two attached hydrogens (primary N) is 1. The lowest BCUT2D eigenvalue weighted by molar-refractivity contribution is 0.130. The molecule has 0 spiro atoms. The van der Waals surface area contributed by atoms with E-state index in [-0.39, 0.29) is 0 Å². The topological polar surface area (TPSA) is 29.3 Å². The quantitative estimate of drug-likeness (QED) is 0.717. The molecule has 0 radical (unpaired) electrons. The number of rotatable bonds is 4. The summed E-state index contributed by atoms with van der Waals surface area (Å²) in [7, 11) is 0. The molecule has 0 aromatic carbocycles. The standard InChI is InChI=1S/C11H22N2/c12-8-3-5-10-4-1-2-9-13(10)11-6-7-11/h10-11H,1-9,12H2. The first-order chi connectivity index (χ1) is 6.42. The van der Waals surface area contributed by atoms with Crippen molar-refractivity contribution < 1.29 is 0 Å². The molecular weight excluding hydrogens is 160 g/mol. The third-order valence-electron chi connectivity index (χ3n) is 3.43. The fourth-order valence-electron chi connectivity index (χ4n) is 2.57. The zero-order valence-corrected chi connectivity index (χ0v) is 8.54. The molecule has 2 nitrogen and oxygen atoms in total. The smallest absolute Gasteiger partial charge is 0.00993 e. The van der Waals surface area contributed by atoms with Gasteiger partial charge in [-0.15, -0.1) is 0 Å². The summed E-state index contributed by atoms with van der Waals surface area (Å²) in [5, 5.41) is 0. The van der Waals surface area contributed by atoms with Crippen molar-refractivity contribution >= 4 is 0 Å². The molecule has 0 amide bonds. The van der Waals surface area contributed by atoms with Crippen LogP contribution in [0.5, 0.6) is 0 Å². The Bertz CT molecular complexity index is 154. The van der Waals surface area contributed by atoms with Crippen LogP contribution in [0.2, 0.25) is 0 Å². The maximum atomic E-state index is 5.56. The van der Waals surface area contributed by atoms with Gasteiger partial charge in [-0.25, -0.2) is 0 Å². The van der Waals surface area contributed by atoms with E-state index >= 15 is 0 Å². The SMILES string of the molecule is NCCCC1CCCCN1C1CC1. The number of hydrogen-bond donors (Lipinski definition) is 1. The summed E-state index contributed by atoms with van der Waals surface area (Å²) in [5.74, 6) is 0. The molecule has 2 heteroatoms. The molecule has 0 aromatic rings. The lowest BCUT2D eigenvalue weighted by Gasteiger charge is -2.36. The molecule has 2 fully saturated rings. The number of likely N-dealkylation sites (tertiary alicyclic amines) is 1. The van der Waals surface area contributed by atoms with Crippen LogP contribution < -0.4 is 5.73 Å². The van der Waals surface area contributed by atoms with Crippen molar-refractivity contribution in [1.29, 1.82) is 0 Å². The average molecular weight is 182 g/mol. The number of piperidine rings is 1. The van der Waals surface area contributed by atoms with E-state index in [1.165, 1.54) is 51.5 Å². The molecule has 76 valence electrons. The van der Waals surface area contributed by atoms with Crippen LogP contribution in [0.1, 0.15) is 44.9 Å². The summed E-state index contributed by atoms with van der Waals surface area (Å²) < 4.78 is 0. The van der Waals surface area contributed by atoms with Gasteiger partial charge in [-0.1, -0.05) is 6.42 Å². The second kappa shape index (κ2) is 4.43. The highest BCUT2D eigenvalue weighted by molar-refractivity contribution is 4.90. The molecular formula is C11H22N2.